The van der Waals surface area contributed by atoms with Gasteiger partial charge in [0.25, 0.3) is 17.9 Å². The molecule has 248 valence electrons. The topological polar surface area (TPSA) is 143 Å². The number of amides is 3. The Labute approximate surface area is 290 Å². The number of carbonyl (C=O) groups excluding carboxylic acids is 4. The van der Waals surface area contributed by atoms with Crippen molar-refractivity contribution < 1.29 is 33.3 Å². The van der Waals surface area contributed by atoms with Gasteiger partial charge in [0.1, 0.15) is 36.1 Å². The maximum Gasteiger partial charge on any atom is 0.356 e. The molecule has 0 aliphatic carbocycles. The van der Waals surface area contributed by atoms with Crippen molar-refractivity contribution >= 4 is 58.6 Å². The monoisotopic (exact) mass is 695 g/mol. The number of thiazole rings is 1. The summed E-state index contributed by atoms with van der Waals surface area (Å²) < 4.78 is 7.91. The summed E-state index contributed by atoms with van der Waals surface area (Å²) in [6, 6.07) is 23.3. The second-order valence-electron chi connectivity index (χ2n) is 10.9. The van der Waals surface area contributed by atoms with Crippen LogP contribution in [0.15, 0.2) is 120 Å². The van der Waals surface area contributed by atoms with Gasteiger partial charge in [0.15, 0.2) is 17.4 Å². The highest BCUT2D eigenvalue weighted by molar-refractivity contribution is 8.00. The standard InChI is InChI=1S/C35H30N6O6S2/c1-3-22-19-48-33-28(32(44)41(33)29(22)34(45)46-30(23-12-6-4-7-13-23)24-14-8-5-9-15-24)39-27(43)18-37-47-31(26-16-10-11-17-40(26)2)25-20-49-35(38-25)36-21-42/h3-18,20-21,28,30-31,33H,1,19H2,2H3,(H-,36,38,39,42,43)/p+1/t28?,31?,33-/m0/s1. The van der Waals surface area contributed by atoms with Gasteiger partial charge in [-0.15, -0.1) is 23.1 Å². The highest BCUT2D eigenvalue weighted by Crippen LogP contribution is 2.42. The number of aryl methyl sites for hydroxylation is 1. The van der Waals surface area contributed by atoms with E-state index in [2.05, 4.69) is 27.4 Å². The first-order valence-electron chi connectivity index (χ1n) is 15.1. The molecule has 2 aromatic heterocycles. The zero-order chi connectivity index (χ0) is 34.3. The van der Waals surface area contributed by atoms with Gasteiger partial charge in [-0.2, -0.15) is 0 Å². The minimum atomic E-state index is -0.907. The Kier molecular flexibility index (Phi) is 10.3. The third-order valence-electron chi connectivity index (χ3n) is 7.84. The molecule has 6 rings (SSSR count). The number of pyridine rings is 1. The van der Waals surface area contributed by atoms with Gasteiger partial charge in [-0.1, -0.05) is 78.5 Å². The van der Waals surface area contributed by atoms with Crippen LogP contribution in [0.5, 0.6) is 0 Å². The third-order valence-corrected chi connectivity index (χ3v) is 9.93. The number of ether oxygens (including phenoxy) is 1. The van der Waals surface area contributed by atoms with Gasteiger partial charge in [0, 0.05) is 23.3 Å². The van der Waals surface area contributed by atoms with Crippen LogP contribution in [0.1, 0.15) is 34.7 Å². The highest BCUT2D eigenvalue weighted by atomic mass is 32.2. The molecule has 0 bridgehead atoms. The van der Waals surface area contributed by atoms with Crippen LogP contribution in [0.25, 0.3) is 0 Å². The Morgan fingerprint density at radius 3 is 2.41 bits per heavy atom. The zero-order valence-corrected chi connectivity index (χ0v) is 27.8. The zero-order valence-electron chi connectivity index (χ0n) is 26.2. The Morgan fingerprint density at radius 1 is 1.06 bits per heavy atom. The van der Waals surface area contributed by atoms with Gasteiger partial charge in [0.2, 0.25) is 12.1 Å². The second kappa shape index (κ2) is 15.1. The molecule has 0 spiro atoms. The number of rotatable bonds is 13. The third kappa shape index (κ3) is 7.15. The summed E-state index contributed by atoms with van der Waals surface area (Å²) >= 11 is 2.62. The lowest BCUT2D eigenvalue weighted by Crippen LogP contribution is -2.70. The fourth-order valence-corrected chi connectivity index (χ4v) is 7.48. The molecule has 0 radical (unpaired) electrons. The first kappa shape index (κ1) is 33.3. The number of carbonyl (C=O) groups is 4. The van der Waals surface area contributed by atoms with Crippen LogP contribution >= 0.6 is 23.1 Å². The van der Waals surface area contributed by atoms with Crippen LogP contribution in [0.2, 0.25) is 0 Å². The van der Waals surface area contributed by atoms with E-state index >= 15 is 0 Å². The molecule has 3 atom stereocenters. The number of fused-ring (bicyclic) bond motifs is 1. The number of nitrogens with one attached hydrogen (secondary N) is 2. The van der Waals surface area contributed by atoms with E-state index in [1.807, 2.05) is 96.7 Å². The lowest BCUT2D eigenvalue weighted by molar-refractivity contribution is -0.682. The van der Waals surface area contributed by atoms with Gasteiger partial charge in [-0.05, 0) is 22.8 Å². The Balaban J connectivity index is 1.15. The molecule has 4 heterocycles. The normalized spacial score (nSPS) is 17.6. The summed E-state index contributed by atoms with van der Waals surface area (Å²) in [4.78, 5) is 62.6. The molecular formula is C35H31N6O6S2+. The van der Waals surface area contributed by atoms with Crippen molar-refractivity contribution in [3.63, 3.8) is 0 Å². The van der Waals surface area contributed by atoms with Crippen LogP contribution in [0.3, 0.4) is 0 Å². The minimum absolute atomic E-state index is 0.105. The lowest BCUT2D eigenvalue weighted by atomic mass is 10.0. The number of aromatic nitrogens is 2. The van der Waals surface area contributed by atoms with Crippen molar-refractivity contribution in [2.45, 2.75) is 23.6 Å². The average molecular weight is 696 g/mol. The molecule has 0 saturated carbocycles. The number of hydrogen-bond acceptors (Lipinski definition) is 10. The fourth-order valence-electron chi connectivity index (χ4n) is 5.46. The van der Waals surface area contributed by atoms with Crippen LogP contribution in [0.4, 0.5) is 5.13 Å². The predicted molar refractivity (Wildman–Crippen MR) is 184 cm³/mol. The molecule has 2 aliphatic heterocycles. The van der Waals surface area contributed by atoms with E-state index in [0.717, 1.165) is 17.3 Å². The number of hydrogen-bond donors (Lipinski definition) is 2. The number of oxime groups is 1. The molecule has 14 heteroatoms. The molecule has 12 nitrogen and oxygen atoms in total. The molecular weight excluding hydrogens is 665 g/mol. The molecule has 4 aromatic rings. The smallest absolute Gasteiger partial charge is 0.356 e. The van der Waals surface area contributed by atoms with Crippen molar-refractivity contribution in [3.8, 4) is 0 Å². The number of thioether (sulfide) groups is 1. The first-order chi connectivity index (χ1) is 23.9. The van der Waals surface area contributed by atoms with E-state index < -0.39 is 41.4 Å². The van der Waals surface area contributed by atoms with Crippen LogP contribution in [-0.2, 0) is 35.8 Å². The van der Waals surface area contributed by atoms with Crippen molar-refractivity contribution in [3.05, 3.63) is 137 Å². The molecule has 2 unspecified atom stereocenters. The largest absolute Gasteiger partial charge is 0.448 e. The van der Waals surface area contributed by atoms with Crippen molar-refractivity contribution in [1.82, 2.24) is 15.2 Å². The number of benzene rings is 2. The molecule has 1 fully saturated rings. The highest BCUT2D eigenvalue weighted by Gasteiger charge is 2.54. The van der Waals surface area contributed by atoms with Crippen LogP contribution in [0, 0.1) is 0 Å². The van der Waals surface area contributed by atoms with Crippen LogP contribution in [-0.4, -0.2) is 57.5 Å². The molecule has 49 heavy (non-hydrogen) atoms. The summed E-state index contributed by atoms with van der Waals surface area (Å²) in [5, 5.41) is 10.7. The predicted octanol–water partition coefficient (Wildman–Crippen LogP) is 3.80. The van der Waals surface area contributed by atoms with Crippen molar-refractivity contribution in [2.75, 3.05) is 11.1 Å². The Bertz CT molecular complexity index is 1890. The van der Waals surface area contributed by atoms with Gasteiger partial charge in [-0.25, -0.2) is 14.3 Å². The summed E-state index contributed by atoms with van der Waals surface area (Å²) in [7, 11) is 1.83. The van der Waals surface area contributed by atoms with Gasteiger partial charge in [0.05, 0.1) is 0 Å². The van der Waals surface area contributed by atoms with Gasteiger partial charge in [-0.3, -0.25) is 19.3 Å². The fraction of sp³-hybridized carbons (Fsp3) is 0.171. The molecule has 1 saturated heterocycles. The molecule has 2 aliphatic rings. The SMILES string of the molecule is C=CC1=C(C(=O)OC(c2ccccc2)c2ccccc2)N2C(=O)C(NC(=O)C=NOC(c3csc(NC=O)n3)c3cccc[n+]3C)[C@@H]2SC1. The summed E-state index contributed by atoms with van der Waals surface area (Å²) in [5.74, 6) is -1.40. The summed E-state index contributed by atoms with van der Waals surface area (Å²) in [6.07, 6.45) is 3.35. The van der Waals surface area contributed by atoms with E-state index in [9.17, 15) is 19.2 Å². The van der Waals surface area contributed by atoms with Crippen LogP contribution < -0.4 is 15.2 Å². The van der Waals surface area contributed by atoms with Crippen molar-refractivity contribution in [1.29, 1.82) is 0 Å². The van der Waals surface area contributed by atoms with E-state index in [0.29, 0.717) is 34.3 Å². The van der Waals surface area contributed by atoms with E-state index in [1.165, 1.54) is 28.0 Å². The maximum atomic E-state index is 13.8. The first-order valence-corrected chi connectivity index (χ1v) is 17.0. The molecule has 2 N–H and O–H groups in total. The lowest BCUT2D eigenvalue weighted by Gasteiger charge is -2.49. The quantitative estimate of drug-likeness (QED) is 0.0537. The number of nitrogens with zero attached hydrogens (tertiary/aromatic N) is 4. The van der Waals surface area contributed by atoms with Gasteiger partial charge >= 0.3 is 5.97 Å². The van der Waals surface area contributed by atoms with E-state index in [4.69, 9.17) is 9.57 Å². The number of esters is 1. The number of allylic oxidation sites excluding steroid dienone is 1. The number of β-lactam (4-membered cyclic amide) rings is 1. The minimum Gasteiger partial charge on any atom is -0.448 e. The molecule has 2 aromatic carbocycles. The Hall–Kier alpha value is -5.60. The number of anilines is 1. The summed E-state index contributed by atoms with van der Waals surface area (Å²) in [6.45, 7) is 3.85. The Morgan fingerprint density at radius 2 is 1.76 bits per heavy atom. The second-order valence-corrected chi connectivity index (χ2v) is 12.8. The maximum absolute atomic E-state index is 13.8. The van der Waals surface area contributed by atoms with Gasteiger partial charge < -0.3 is 20.2 Å². The summed E-state index contributed by atoms with van der Waals surface area (Å²) in [5.41, 5.74) is 3.39. The van der Waals surface area contributed by atoms with Crippen molar-refractivity contribution in [2.24, 2.45) is 12.2 Å². The average Bonchev–Trinajstić information content (AvgIpc) is 3.60. The molecule has 3 amide bonds. The van der Waals surface area contributed by atoms with E-state index in [1.54, 1.807) is 11.5 Å². The van der Waals surface area contributed by atoms with E-state index in [-0.39, 0.29) is 5.70 Å².